The van der Waals surface area contributed by atoms with E-state index in [-0.39, 0.29) is 0 Å². The van der Waals surface area contributed by atoms with Gasteiger partial charge in [-0.3, -0.25) is 14.8 Å². The monoisotopic (exact) mass is 340 g/mol. The van der Waals surface area contributed by atoms with E-state index >= 15 is 0 Å². The fraction of sp³-hybridized carbons (Fsp3) is 0.0667. The summed E-state index contributed by atoms with van der Waals surface area (Å²) < 4.78 is 0. The van der Waals surface area contributed by atoms with Crippen molar-refractivity contribution in [3.63, 3.8) is 0 Å². The molecule has 1 aliphatic rings. The van der Waals surface area contributed by atoms with Crippen LogP contribution in [0.2, 0.25) is 5.02 Å². The molecule has 1 unspecified atom stereocenters. The van der Waals surface area contributed by atoms with Gasteiger partial charge in [-0.25, -0.2) is 9.97 Å². The molecule has 24 heavy (non-hydrogen) atoms. The zero-order chi connectivity index (χ0) is 16.5. The first-order valence-corrected chi connectivity index (χ1v) is 7.31. The normalized spacial score (nSPS) is 16.4. The van der Waals surface area contributed by atoms with Gasteiger partial charge in [0.05, 0.1) is 16.2 Å². The SMILES string of the molecule is O=CC1NC(c2cc(-c3cc(Cl)c4nccnc4c3)ncn2)=NO1. The van der Waals surface area contributed by atoms with E-state index in [4.69, 9.17) is 16.4 Å². The van der Waals surface area contributed by atoms with E-state index in [1.807, 2.05) is 6.07 Å². The summed E-state index contributed by atoms with van der Waals surface area (Å²) in [5, 5.41) is 7.08. The van der Waals surface area contributed by atoms with Crippen molar-refractivity contribution in [1.82, 2.24) is 25.3 Å². The standard InChI is InChI=1S/C15H9ClN6O2/c16-9-3-8(4-11-14(9)18-2-1-17-11)10-5-12(20-7-19-10)15-21-13(6-23)24-22-15/h1-7,13H,(H,21,22). The number of rotatable bonds is 3. The molecule has 0 bridgehead atoms. The zero-order valence-corrected chi connectivity index (χ0v) is 12.8. The number of carbonyl (C=O) groups excluding carboxylic acids is 1. The van der Waals surface area contributed by atoms with Crippen molar-refractivity contribution in [2.75, 3.05) is 0 Å². The van der Waals surface area contributed by atoms with Gasteiger partial charge in [0.2, 0.25) is 0 Å². The number of amidine groups is 1. The summed E-state index contributed by atoms with van der Waals surface area (Å²) in [7, 11) is 0. The first-order chi connectivity index (χ1) is 11.7. The van der Waals surface area contributed by atoms with Crippen molar-refractivity contribution in [3.05, 3.63) is 47.6 Å². The number of hydrogen-bond donors (Lipinski definition) is 1. The second-order valence-electron chi connectivity index (χ2n) is 4.92. The minimum atomic E-state index is -0.802. The Labute approximate surface area is 140 Å². The highest BCUT2D eigenvalue weighted by atomic mass is 35.5. The Balaban J connectivity index is 1.75. The molecule has 1 N–H and O–H groups in total. The molecule has 0 spiro atoms. The Morgan fingerprint density at radius 2 is 1.92 bits per heavy atom. The number of oxime groups is 1. The highest BCUT2D eigenvalue weighted by molar-refractivity contribution is 6.35. The Morgan fingerprint density at radius 3 is 2.75 bits per heavy atom. The lowest BCUT2D eigenvalue weighted by atomic mass is 10.1. The maximum absolute atomic E-state index is 10.7. The molecule has 9 heteroatoms. The molecule has 0 amide bonds. The quantitative estimate of drug-likeness (QED) is 0.721. The first kappa shape index (κ1) is 14.5. The topological polar surface area (TPSA) is 102 Å². The van der Waals surface area contributed by atoms with Crippen molar-refractivity contribution in [2.45, 2.75) is 6.23 Å². The minimum Gasteiger partial charge on any atom is -0.361 e. The molecule has 3 aromatic rings. The lowest BCUT2D eigenvalue weighted by Gasteiger charge is -2.06. The zero-order valence-electron chi connectivity index (χ0n) is 12.0. The van der Waals surface area contributed by atoms with E-state index in [1.54, 1.807) is 24.5 Å². The van der Waals surface area contributed by atoms with E-state index in [1.165, 1.54) is 6.33 Å². The van der Waals surface area contributed by atoms with E-state index in [2.05, 4.69) is 30.4 Å². The lowest BCUT2D eigenvalue weighted by molar-refractivity contribution is -0.117. The van der Waals surface area contributed by atoms with Gasteiger partial charge in [-0.15, -0.1) is 0 Å². The number of halogens is 1. The summed E-state index contributed by atoms with van der Waals surface area (Å²) in [5.74, 6) is 0.363. The van der Waals surface area contributed by atoms with Crippen LogP contribution in [-0.2, 0) is 9.63 Å². The number of aldehydes is 1. The lowest BCUT2D eigenvalue weighted by Crippen LogP contribution is -2.31. The summed E-state index contributed by atoms with van der Waals surface area (Å²) in [6.07, 6.45) is 4.40. The number of hydrogen-bond acceptors (Lipinski definition) is 8. The van der Waals surface area contributed by atoms with Gasteiger partial charge in [0, 0.05) is 18.0 Å². The van der Waals surface area contributed by atoms with Gasteiger partial charge in [-0.05, 0) is 18.2 Å². The Hall–Kier alpha value is -3.13. The summed E-state index contributed by atoms with van der Waals surface area (Å²) >= 11 is 6.28. The molecule has 3 heterocycles. The summed E-state index contributed by atoms with van der Waals surface area (Å²) in [6.45, 7) is 0. The average Bonchev–Trinajstić information content (AvgIpc) is 3.11. The fourth-order valence-corrected chi connectivity index (χ4v) is 2.56. The number of nitrogens with one attached hydrogen (secondary N) is 1. The van der Waals surface area contributed by atoms with Crippen molar-refractivity contribution >= 4 is 34.8 Å². The molecule has 1 atom stereocenters. The maximum atomic E-state index is 10.7. The minimum absolute atomic E-state index is 0.363. The van der Waals surface area contributed by atoms with Crippen molar-refractivity contribution < 1.29 is 9.63 Å². The summed E-state index contributed by atoms with van der Waals surface area (Å²) in [6, 6.07) is 5.32. The third-order valence-corrected chi connectivity index (χ3v) is 3.68. The Bertz CT molecular complexity index is 977. The van der Waals surface area contributed by atoms with Crippen LogP contribution in [0.25, 0.3) is 22.3 Å². The number of aromatic nitrogens is 4. The molecule has 2 aromatic heterocycles. The van der Waals surface area contributed by atoms with Crippen LogP contribution in [0.5, 0.6) is 0 Å². The molecule has 0 saturated heterocycles. The van der Waals surface area contributed by atoms with Crippen LogP contribution in [0.1, 0.15) is 5.69 Å². The van der Waals surface area contributed by atoms with Gasteiger partial charge in [0.15, 0.2) is 12.1 Å². The van der Waals surface area contributed by atoms with E-state index in [0.717, 1.165) is 5.56 Å². The van der Waals surface area contributed by atoms with E-state index in [0.29, 0.717) is 39.6 Å². The van der Waals surface area contributed by atoms with Gasteiger partial charge >= 0.3 is 0 Å². The Kier molecular flexibility index (Phi) is 3.51. The first-order valence-electron chi connectivity index (χ1n) is 6.93. The molecule has 0 radical (unpaired) electrons. The molecule has 8 nitrogen and oxygen atoms in total. The second-order valence-corrected chi connectivity index (χ2v) is 5.32. The second kappa shape index (κ2) is 5.82. The van der Waals surface area contributed by atoms with Crippen LogP contribution in [-0.4, -0.2) is 38.3 Å². The van der Waals surface area contributed by atoms with Crippen molar-refractivity contribution in [2.24, 2.45) is 5.16 Å². The molecule has 0 aliphatic carbocycles. The number of carbonyl (C=O) groups is 1. The predicted molar refractivity (Wildman–Crippen MR) is 86.2 cm³/mol. The summed E-state index contributed by atoms with van der Waals surface area (Å²) in [4.78, 5) is 32.5. The van der Waals surface area contributed by atoms with Crippen LogP contribution in [0.15, 0.2) is 42.1 Å². The van der Waals surface area contributed by atoms with Crippen LogP contribution in [0.3, 0.4) is 0 Å². The third kappa shape index (κ3) is 2.52. The van der Waals surface area contributed by atoms with Crippen molar-refractivity contribution in [3.8, 4) is 11.3 Å². The number of benzene rings is 1. The molecule has 1 aliphatic heterocycles. The van der Waals surface area contributed by atoms with Crippen LogP contribution >= 0.6 is 11.6 Å². The maximum Gasteiger partial charge on any atom is 0.254 e. The number of fused-ring (bicyclic) bond motifs is 1. The average molecular weight is 341 g/mol. The number of nitrogens with zero attached hydrogens (tertiary/aromatic N) is 5. The van der Waals surface area contributed by atoms with Crippen LogP contribution < -0.4 is 5.32 Å². The molecular weight excluding hydrogens is 332 g/mol. The molecule has 118 valence electrons. The molecule has 4 rings (SSSR count). The molecular formula is C15H9ClN6O2. The molecule has 1 aromatic carbocycles. The van der Waals surface area contributed by atoms with Gasteiger partial charge in [0.1, 0.15) is 17.5 Å². The van der Waals surface area contributed by atoms with Gasteiger partial charge in [-0.1, -0.05) is 16.8 Å². The van der Waals surface area contributed by atoms with Gasteiger partial charge in [0.25, 0.3) is 6.23 Å². The van der Waals surface area contributed by atoms with E-state index < -0.39 is 6.23 Å². The highest BCUT2D eigenvalue weighted by Gasteiger charge is 2.21. The third-order valence-electron chi connectivity index (χ3n) is 3.39. The van der Waals surface area contributed by atoms with Gasteiger partial charge in [-0.2, -0.15) is 0 Å². The van der Waals surface area contributed by atoms with E-state index in [9.17, 15) is 4.79 Å². The molecule has 0 saturated carbocycles. The summed E-state index contributed by atoms with van der Waals surface area (Å²) in [5.41, 5.74) is 3.19. The molecule has 0 fully saturated rings. The van der Waals surface area contributed by atoms with Crippen LogP contribution in [0, 0.1) is 0 Å². The Morgan fingerprint density at radius 1 is 1.08 bits per heavy atom. The smallest absolute Gasteiger partial charge is 0.254 e. The largest absolute Gasteiger partial charge is 0.361 e. The predicted octanol–water partition coefficient (Wildman–Crippen LogP) is 1.55. The fourth-order valence-electron chi connectivity index (χ4n) is 2.30. The van der Waals surface area contributed by atoms with Crippen LogP contribution in [0.4, 0.5) is 0 Å². The highest BCUT2D eigenvalue weighted by Crippen LogP contribution is 2.27. The van der Waals surface area contributed by atoms with Crippen molar-refractivity contribution in [1.29, 1.82) is 0 Å². The van der Waals surface area contributed by atoms with Gasteiger partial charge < -0.3 is 10.2 Å².